The van der Waals surface area contributed by atoms with Crippen LogP contribution in [-0.4, -0.2) is 53.7 Å². The number of hydrogen-bond acceptors (Lipinski definition) is 5. The monoisotopic (exact) mass is 461 g/mol. The molecular formula is C28H35N3O3. The number of carbonyl (C=O) groups is 2. The van der Waals surface area contributed by atoms with Crippen molar-refractivity contribution in [2.45, 2.75) is 53.0 Å². The lowest BCUT2D eigenvalue weighted by atomic mass is 9.93. The van der Waals surface area contributed by atoms with Crippen LogP contribution in [0.1, 0.15) is 60.0 Å². The Hall–Kier alpha value is -2.99. The minimum Gasteiger partial charge on any atom is -0.466 e. The van der Waals surface area contributed by atoms with Gasteiger partial charge in [0.2, 0.25) is 0 Å². The highest BCUT2D eigenvalue weighted by Gasteiger charge is 2.36. The quantitative estimate of drug-likeness (QED) is 0.592. The molecule has 2 aromatic carbocycles. The first-order valence-corrected chi connectivity index (χ1v) is 12.3. The van der Waals surface area contributed by atoms with E-state index in [9.17, 15) is 9.59 Å². The molecule has 2 unspecified atom stereocenters. The van der Waals surface area contributed by atoms with Gasteiger partial charge in [-0.05, 0) is 69.8 Å². The Morgan fingerprint density at radius 1 is 1.09 bits per heavy atom. The maximum Gasteiger partial charge on any atom is 0.310 e. The van der Waals surface area contributed by atoms with Crippen LogP contribution in [-0.2, 0) is 14.3 Å². The van der Waals surface area contributed by atoms with E-state index in [0.717, 1.165) is 47.4 Å². The van der Waals surface area contributed by atoms with Gasteiger partial charge in [0, 0.05) is 18.5 Å². The Balaban J connectivity index is 1.58. The first kappa shape index (κ1) is 24.1. The van der Waals surface area contributed by atoms with Crippen molar-refractivity contribution < 1.29 is 14.3 Å². The highest BCUT2D eigenvalue weighted by Crippen LogP contribution is 2.35. The van der Waals surface area contributed by atoms with Gasteiger partial charge in [-0.15, -0.1) is 0 Å². The summed E-state index contributed by atoms with van der Waals surface area (Å²) in [5.74, 6) is -0.354. The molecule has 6 nitrogen and oxygen atoms in total. The fourth-order valence-corrected chi connectivity index (χ4v) is 5.07. The zero-order chi connectivity index (χ0) is 24.2. The summed E-state index contributed by atoms with van der Waals surface area (Å²) < 4.78 is 5.22. The van der Waals surface area contributed by atoms with E-state index in [-0.39, 0.29) is 30.4 Å². The van der Waals surface area contributed by atoms with Gasteiger partial charge in [0.25, 0.3) is 5.91 Å². The molecule has 2 aliphatic heterocycles. The lowest BCUT2D eigenvalue weighted by molar-refractivity contribution is -0.150. The number of carbonyl (C=O) groups excluding carboxylic acids is 2. The molecule has 1 saturated heterocycles. The molecule has 2 atom stereocenters. The van der Waals surface area contributed by atoms with Crippen molar-refractivity contribution in [3.05, 3.63) is 70.3 Å². The average molecular weight is 462 g/mol. The van der Waals surface area contributed by atoms with Crippen LogP contribution in [0.15, 0.2) is 47.6 Å². The Morgan fingerprint density at radius 3 is 2.65 bits per heavy atom. The van der Waals surface area contributed by atoms with E-state index in [1.807, 2.05) is 19.1 Å². The smallest absolute Gasteiger partial charge is 0.310 e. The van der Waals surface area contributed by atoms with Crippen LogP contribution in [0.25, 0.3) is 0 Å². The molecule has 0 aromatic heterocycles. The predicted molar refractivity (Wildman–Crippen MR) is 134 cm³/mol. The zero-order valence-electron chi connectivity index (χ0n) is 20.7. The third kappa shape index (κ3) is 5.22. The SMILES string of the molecule is CCOC(=O)C1CCCN(CC(=O)N2N=C(c3cc(C)ccc3C)CC2c2ccccc2C)C1. The van der Waals surface area contributed by atoms with E-state index in [1.165, 1.54) is 5.56 Å². The van der Waals surface area contributed by atoms with Crippen molar-refractivity contribution in [3.8, 4) is 0 Å². The molecule has 0 N–H and O–H groups in total. The number of ether oxygens (including phenoxy) is 1. The number of piperidine rings is 1. The van der Waals surface area contributed by atoms with Gasteiger partial charge < -0.3 is 4.74 Å². The number of amides is 1. The van der Waals surface area contributed by atoms with Gasteiger partial charge in [-0.25, -0.2) is 5.01 Å². The molecule has 0 radical (unpaired) electrons. The van der Waals surface area contributed by atoms with Crippen LogP contribution in [0.5, 0.6) is 0 Å². The van der Waals surface area contributed by atoms with Crippen molar-refractivity contribution in [1.82, 2.24) is 9.91 Å². The molecule has 1 fully saturated rings. The zero-order valence-corrected chi connectivity index (χ0v) is 20.7. The number of rotatable bonds is 6. The van der Waals surface area contributed by atoms with Crippen LogP contribution in [0.3, 0.4) is 0 Å². The number of likely N-dealkylation sites (tertiary alicyclic amines) is 1. The lowest BCUT2D eigenvalue weighted by Gasteiger charge is -2.32. The van der Waals surface area contributed by atoms with Crippen LogP contribution in [0, 0.1) is 26.7 Å². The van der Waals surface area contributed by atoms with E-state index in [0.29, 0.717) is 19.6 Å². The Kier molecular flexibility index (Phi) is 7.47. The van der Waals surface area contributed by atoms with Crippen molar-refractivity contribution in [2.24, 2.45) is 11.0 Å². The standard InChI is InChI=1S/C28H35N3O3/c1-5-34-28(33)22-10-8-14-30(17-22)18-27(32)31-26(23-11-7-6-9-20(23)3)16-25(29-31)24-15-19(2)12-13-21(24)4/h6-7,9,11-13,15,22,26H,5,8,10,14,16-18H2,1-4H3. The molecule has 2 aromatic rings. The maximum atomic E-state index is 13.6. The third-order valence-electron chi connectivity index (χ3n) is 6.90. The predicted octanol–water partition coefficient (Wildman–Crippen LogP) is 4.56. The largest absolute Gasteiger partial charge is 0.466 e. The van der Waals surface area contributed by atoms with Gasteiger partial charge in [-0.3, -0.25) is 14.5 Å². The highest BCUT2D eigenvalue weighted by atomic mass is 16.5. The number of esters is 1. The Morgan fingerprint density at radius 2 is 1.88 bits per heavy atom. The molecular weight excluding hydrogens is 426 g/mol. The van der Waals surface area contributed by atoms with Crippen LogP contribution >= 0.6 is 0 Å². The summed E-state index contributed by atoms with van der Waals surface area (Å²) in [4.78, 5) is 27.9. The van der Waals surface area contributed by atoms with Crippen molar-refractivity contribution >= 4 is 17.6 Å². The topological polar surface area (TPSA) is 62.2 Å². The molecule has 2 aliphatic rings. The summed E-state index contributed by atoms with van der Waals surface area (Å²) in [6.07, 6.45) is 2.38. The Labute approximate surface area is 202 Å². The van der Waals surface area contributed by atoms with E-state index in [2.05, 4.69) is 56.0 Å². The summed E-state index contributed by atoms with van der Waals surface area (Å²) in [6, 6.07) is 14.5. The second-order valence-electron chi connectivity index (χ2n) is 9.51. The van der Waals surface area contributed by atoms with Gasteiger partial charge in [-0.2, -0.15) is 5.10 Å². The first-order chi connectivity index (χ1) is 16.4. The molecule has 180 valence electrons. The van der Waals surface area contributed by atoms with Gasteiger partial charge in [0.05, 0.1) is 30.8 Å². The fraction of sp³-hybridized carbons (Fsp3) is 0.464. The number of hydrogen-bond donors (Lipinski definition) is 0. The highest BCUT2D eigenvalue weighted by molar-refractivity contribution is 6.04. The number of benzene rings is 2. The minimum absolute atomic E-state index is 0.0296. The molecule has 34 heavy (non-hydrogen) atoms. The Bertz CT molecular complexity index is 1090. The molecule has 0 bridgehead atoms. The lowest BCUT2D eigenvalue weighted by Crippen LogP contribution is -2.44. The molecule has 0 aliphatic carbocycles. The van der Waals surface area contributed by atoms with Crippen molar-refractivity contribution in [2.75, 3.05) is 26.2 Å². The summed E-state index contributed by atoms with van der Waals surface area (Å²) in [6.45, 7) is 10.1. The molecule has 1 amide bonds. The van der Waals surface area contributed by atoms with E-state index in [4.69, 9.17) is 9.84 Å². The van der Waals surface area contributed by atoms with Crippen molar-refractivity contribution in [1.29, 1.82) is 0 Å². The van der Waals surface area contributed by atoms with Gasteiger partial charge in [0.1, 0.15) is 0 Å². The number of nitrogens with zero attached hydrogens (tertiary/aromatic N) is 3. The maximum absolute atomic E-state index is 13.6. The average Bonchev–Trinajstić information content (AvgIpc) is 3.26. The first-order valence-electron chi connectivity index (χ1n) is 12.3. The molecule has 6 heteroatoms. The van der Waals surface area contributed by atoms with E-state index >= 15 is 0 Å². The van der Waals surface area contributed by atoms with Crippen molar-refractivity contribution in [3.63, 3.8) is 0 Å². The second-order valence-corrected chi connectivity index (χ2v) is 9.51. The normalized spacial score (nSPS) is 20.8. The molecule has 0 spiro atoms. The van der Waals surface area contributed by atoms with Crippen LogP contribution < -0.4 is 0 Å². The second kappa shape index (κ2) is 10.5. The van der Waals surface area contributed by atoms with Gasteiger partial charge in [0.15, 0.2) is 0 Å². The summed E-state index contributed by atoms with van der Waals surface area (Å²) >= 11 is 0. The summed E-state index contributed by atoms with van der Waals surface area (Å²) in [7, 11) is 0. The van der Waals surface area contributed by atoms with E-state index < -0.39 is 0 Å². The fourth-order valence-electron chi connectivity index (χ4n) is 5.07. The van der Waals surface area contributed by atoms with E-state index in [1.54, 1.807) is 5.01 Å². The summed E-state index contributed by atoms with van der Waals surface area (Å²) in [5, 5.41) is 6.58. The third-order valence-corrected chi connectivity index (χ3v) is 6.90. The van der Waals surface area contributed by atoms with Gasteiger partial charge >= 0.3 is 5.97 Å². The minimum atomic E-state index is -0.166. The van der Waals surface area contributed by atoms with Gasteiger partial charge in [-0.1, -0.05) is 42.0 Å². The number of aryl methyl sites for hydroxylation is 3. The number of hydrazone groups is 1. The molecule has 4 rings (SSSR count). The van der Waals surface area contributed by atoms with Crippen LogP contribution in [0.4, 0.5) is 0 Å². The molecule has 2 heterocycles. The molecule has 0 saturated carbocycles. The van der Waals surface area contributed by atoms with Crippen LogP contribution in [0.2, 0.25) is 0 Å². The summed E-state index contributed by atoms with van der Waals surface area (Å²) in [5.41, 5.74) is 6.68.